The van der Waals surface area contributed by atoms with Gasteiger partial charge in [0.1, 0.15) is 0 Å². The minimum Gasteiger partial charge on any atom is -0.399 e. The number of nitrogen functional groups attached to an aromatic ring is 1. The zero-order valence-electron chi connectivity index (χ0n) is 18.0. The standard InChI is InChI=1S/C24H22N4O4S.ClH/c25-19-8-6-17(7-9-19)23(29)27-13-12-18-14-20(10-11-22(18)27)33(31,32)28-15-21(26-24(28)30)16-4-2-1-3-5-16;/h1-11,14,21H,12-13,15,25H2,(H,26,30);1H. The van der Waals surface area contributed by atoms with E-state index in [4.69, 9.17) is 5.73 Å². The molecule has 1 saturated heterocycles. The van der Waals surface area contributed by atoms with Crippen molar-refractivity contribution in [2.24, 2.45) is 0 Å². The van der Waals surface area contributed by atoms with Crippen molar-refractivity contribution in [1.82, 2.24) is 9.62 Å². The van der Waals surface area contributed by atoms with Crippen LogP contribution in [0.2, 0.25) is 0 Å². The van der Waals surface area contributed by atoms with Crippen LogP contribution in [-0.4, -0.2) is 37.8 Å². The first-order valence-corrected chi connectivity index (χ1v) is 12.0. The maximum absolute atomic E-state index is 13.3. The lowest BCUT2D eigenvalue weighted by Gasteiger charge is -2.19. The lowest BCUT2D eigenvalue weighted by molar-refractivity contribution is 0.0989. The number of nitrogens with two attached hydrogens (primary N) is 1. The molecule has 0 aliphatic carbocycles. The van der Waals surface area contributed by atoms with Gasteiger partial charge < -0.3 is 16.0 Å². The van der Waals surface area contributed by atoms with Crippen molar-refractivity contribution in [1.29, 1.82) is 0 Å². The monoisotopic (exact) mass is 498 g/mol. The molecule has 5 rings (SSSR count). The summed E-state index contributed by atoms with van der Waals surface area (Å²) in [5.41, 5.74) is 9.05. The summed E-state index contributed by atoms with van der Waals surface area (Å²) in [6, 6.07) is 19.5. The van der Waals surface area contributed by atoms with Crippen molar-refractivity contribution in [2.45, 2.75) is 17.4 Å². The molecule has 34 heavy (non-hydrogen) atoms. The second-order valence-corrected chi connectivity index (χ2v) is 9.93. The molecule has 2 aliphatic heterocycles. The number of fused-ring (bicyclic) bond motifs is 1. The van der Waals surface area contributed by atoms with Crippen molar-refractivity contribution in [2.75, 3.05) is 23.7 Å². The Balaban J connectivity index is 0.00000274. The number of anilines is 2. The first-order chi connectivity index (χ1) is 15.8. The van der Waals surface area contributed by atoms with Crippen LogP contribution in [0.5, 0.6) is 0 Å². The molecule has 10 heteroatoms. The molecule has 3 aromatic rings. The van der Waals surface area contributed by atoms with Crippen LogP contribution < -0.4 is 16.0 Å². The number of nitrogens with zero attached hydrogens (tertiary/aromatic N) is 2. The molecule has 2 heterocycles. The number of carbonyl (C=O) groups is 2. The van der Waals surface area contributed by atoms with Gasteiger partial charge in [0, 0.05) is 23.5 Å². The number of hydrogen-bond donors (Lipinski definition) is 2. The van der Waals surface area contributed by atoms with E-state index in [0.29, 0.717) is 29.9 Å². The molecule has 0 saturated carbocycles. The average molecular weight is 499 g/mol. The van der Waals surface area contributed by atoms with Crippen molar-refractivity contribution >= 4 is 45.7 Å². The van der Waals surface area contributed by atoms with E-state index in [1.807, 2.05) is 30.3 Å². The van der Waals surface area contributed by atoms with E-state index in [0.717, 1.165) is 15.4 Å². The Kier molecular flexibility index (Phi) is 6.24. The molecule has 0 spiro atoms. The summed E-state index contributed by atoms with van der Waals surface area (Å²) in [6.45, 7) is 0.465. The number of benzene rings is 3. The number of carbonyl (C=O) groups excluding carboxylic acids is 2. The summed E-state index contributed by atoms with van der Waals surface area (Å²) in [7, 11) is -4.04. The van der Waals surface area contributed by atoms with E-state index >= 15 is 0 Å². The van der Waals surface area contributed by atoms with Gasteiger partial charge in [-0.25, -0.2) is 17.5 Å². The maximum atomic E-state index is 13.3. The summed E-state index contributed by atoms with van der Waals surface area (Å²) in [4.78, 5) is 27.1. The van der Waals surface area contributed by atoms with Crippen LogP contribution in [0.4, 0.5) is 16.2 Å². The van der Waals surface area contributed by atoms with Gasteiger partial charge in [-0.05, 0) is 60.0 Å². The van der Waals surface area contributed by atoms with Gasteiger partial charge >= 0.3 is 6.03 Å². The van der Waals surface area contributed by atoms with Gasteiger partial charge in [0.25, 0.3) is 15.9 Å². The summed E-state index contributed by atoms with van der Waals surface area (Å²) in [5.74, 6) is -0.172. The third-order valence-electron chi connectivity index (χ3n) is 6.01. The molecule has 0 radical (unpaired) electrons. The van der Waals surface area contributed by atoms with E-state index in [9.17, 15) is 18.0 Å². The Morgan fingerprint density at radius 2 is 1.71 bits per heavy atom. The zero-order chi connectivity index (χ0) is 23.2. The van der Waals surface area contributed by atoms with Gasteiger partial charge in [-0.15, -0.1) is 12.4 Å². The molecular weight excluding hydrogens is 476 g/mol. The van der Waals surface area contributed by atoms with E-state index in [1.165, 1.54) is 6.07 Å². The Morgan fingerprint density at radius 3 is 2.41 bits per heavy atom. The topological polar surface area (TPSA) is 113 Å². The number of halogens is 1. The number of urea groups is 1. The van der Waals surface area contributed by atoms with Crippen LogP contribution in [0.25, 0.3) is 0 Å². The number of hydrogen-bond acceptors (Lipinski definition) is 5. The first kappa shape index (κ1) is 23.6. The Bertz CT molecular complexity index is 1350. The molecule has 1 atom stereocenters. The van der Waals surface area contributed by atoms with Gasteiger partial charge in [0.2, 0.25) is 0 Å². The van der Waals surface area contributed by atoms with Gasteiger partial charge in [-0.3, -0.25) is 4.79 Å². The summed E-state index contributed by atoms with van der Waals surface area (Å²) >= 11 is 0. The molecule has 3 amide bonds. The Morgan fingerprint density at radius 1 is 1.00 bits per heavy atom. The highest BCUT2D eigenvalue weighted by atomic mass is 35.5. The van der Waals surface area contributed by atoms with E-state index in [1.54, 1.807) is 41.3 Å². The van der Waals surface area contributed by atoms with Crippen molar-refractivity contribution in [3.63, 3.8) is 0 Å². The predicted molar refractivity (Wildman–Crippen MR) is 132 cm³/mol. The summed E-state index contributed by atoms with van der Waals surface area (Å²) in [6.07, 6.45) is 0.526. The number of nitrogens with one attached hydrogen (secondary N) is 1. The molecular formula is C24H23ClN4O4S. The molecule has 0 aromatic heterocycles. The molecule has 3 N–H and O–H groups in total. The van der Waals surface area contributed by atoms with Crippen LogP contribution in [0, 0.1) is 0 Å². The number of amides is 3. The number of sulfonamides is 1. The third-order valence-corrected chi connectivity index (χ3v) is 7.76. The fraction of sp³-hybridized carbons (Fsp3) is 0.167. The van der Waals surface area contributed by atoms with Crippen LogP contribution in [0.1, 0.15) is 27.5 Å². The SMILES string of the molecule is Cl.Nc1ccc(C(=O)N2CCc3cc(S(=O)(=O)N4CC(c5ccccc5)NC4=O)ccc32)cc1. The lowest BCUT2D eigenvalue weighted by atomic mass is 10.1. The van der Waals surface area contributed by atoms with Crippen LogP contribution >= 0.6 is 12.4 Å². The summed E-state index contributed by atoms with van der Waals surface area (Å²) in [5, 5.41) is 2.74. The van der Waals surface area contributed by atoms with Crippen molar-refractivity contribution in [3.05, 3.63) is 89.5 Å². The highest BCUT2D eigenvalue weighted by Crippen LogP contribution is 2.33. The Hall–Kier alpha value is -3.56. The molecule has 0 bridgehead atoms. The van der Waals surface area contributed by atoms with Crippen LogP contribution in [0.15, 0.2) is 77.7 Å². The highest BCUT2D eigenvalue weighted by Gasteiger charge is 2.39. The lowest BCUT2D eigenvalue weighted by Crippen LogP contribution is -2.34. The molecule has 1 unspecified atom stereocenters. The van der Waals surface area contributed by atoms with Gasteiger partial charge in [0.05, 0.1) is 17.5 Å². The highest BCUT2D eigenvalue weighted by molar-refractivity contribution is 7.89. The van der Waals surface area contributed by atoms with E-state index in [-0.39, 0.29) is 29.8 Å². The Labute approximate surface area is 203 Å². The average Bonchev–Trinajstić information content (AvgIpc) is 3.43. The van der Waals surface area contributed by atoms with E-state index in [2.05, 4.69) is 5.32 Å². The second-order valence-electron chi connectivity index (χ2n) is 8.07. The quantitative estimate of drug-likeness (QED) is 0.535. The largest absolute Gasteiger partial charge is 0.399 e. The molecule has 176 valence electrons. The minimum atomic E-state index is -4.04. The zero-order valence-corrected chi connectivity index (χ0v) is 19.7. The fourth-order valence-electron chi connectivity index (χ4n) is 4.26. The van der Waals surface area contributed by atoms with Gasteiger partial charge in [-0.1, -0.05) is 30.3 Å². The smallest absolute Gasteiger partial charge is 0.331 e. The molecule has 2 aliphatic rings. The van der Waals surface area contributed by atoms with Crippen molar-refractivity contribution < 1.29 is 18.0 Å². The molecule has 3 aromatic carbocycles. The van der Waals surface area contributed by atoms with Crippen molar-refractivity contribution in [3.8, 4) is 0 Å². The third kappa shape index (κ3) is 4.08. The van der Waals surface area contributed by atoms with Gasteiger partial charge in [-0.2, -0.15) is 0 Å². The number of rotatable bonds is 4. The summed E-state index contributed by atoms with van der Waals surface area (Å²) < 4.78 is 27.4. The van der Waals surface area contributed by atoms with Gasteiger partial charge in [0.15, 0.2) is 0 Å². The predicted octanol–water partition coefficient (Wildman–Crippen LogP) is 3.35. The normalized spacial score (nSPS) is 17.2. The second kappa shape index (κ2) is 9.00. The maximum Gasteiger partial charge on any atom is 0.331 e. The minimum absolute atomic E-state index is 0. The van der Waals surface area contributed by atoms with Crippen LogP contribution in [0.3, 0.4) is 0 Å². The molecule has 1 fully saturated rings. The van der Waals surface area contributed by atoms with Crippen LogP contribution in [-0.2, 0) is 16.4 Å². The van der Waals surface area contributed by atoms with E-state index < -0.39 is 22.1 Å². The fourth-order valence-corrected chi connectivity index (χ4v) is 5.66. The molecule has 8 nitrogen and oxygen atoms in total. The first-order valence-electron chi connectivity index (χ1n) is 10.5.